The van der Waals surface area contributed by atoms with Crippen LogP contribution < -0.4 is 10.9 Å². The summed E-state index contributed by atoms with van der Waals surface area (Å²) in [5, 5.41) is 9.83. The molecule has 1 unspecified atom stereocenters. The molecule has 92 valence electrons. The van der Waals surface area contributed by atoms with Gasteiger partial charge in [0.05, 0.1) is 5.39 Å². The normalized spacial score (nSPS) is 12.1. The van der Waals surface area contributed by atoms with Crippen molar-refractivity contribution in [1.29, 1.82) is 0 Å². The third kappa shape index (κ3) is 2.15. The Morgan fingerprint density at radius 3 is 2.78 bits per heavy atom. The van der Waals surface area contributed by atoms with E-state index in [1.165, 1.54) is 0 Å². The molecule has 0 aliphatic carbocycles. The number of hydrogen-bond donors (Lipinski definition) is 2. The first kappa shape index (κ1) is 12.0. The monoisotopic (exact) mass is 243 g/mol. The van der Waals surface area contributed by atoms with Gasteiger partial charge in [0.1, 0.15) is 0 Å². The van der Waals surface area contributed by atoms with Crippen molar-refractivity contribution in [3.63, 3.8) is 0 Å². The number of fused-ring (bicyclic) bond motifs is 1. The zero-order chi connectivity index (χ0) is 13.1. The van der Waals surface area contributed by atoms with Gasteiger partial charge < -0.3 is 5.32 Å². The van der Waals surface area contributed by atoms with Crippen molar-refractivity contribution in [3.05, 3.63) is 53.0 Å². The Kier molecular flexibility index (Phi) is 3.23. The molecule has 0 aliphatic heterocycles. The van der Waals surface area contributed by atoms with Crippen molar-refractivity contribution in [2.45, 2.75) is 13.0 Å². The van der Waals surface area contributed by atoms with Crippen molar-refractivity contribution in [2.24, 2.45) is 0 Å². The minimum atomic E-state index is -0.338. The SMILES string of the molecule is C=CC(C)NC(=O)c1n[nH]c(=O)c2ccccc12. The molecule has 5 heteroatoms. The number of rotatable bonds is 3. The Hall–Kier alpha value is -2.43. The van der Waals surface area contributed by atoms with Gasteiger partial charge in [-0.1, -0.05) is 24.3 Å². The molecule has 2 N–H and O–H groups in total. The quantitative estimate of drug-likeness (QED) is 0.796. The first-order valence-corrected chi connectivity index (χ1v) is 5.54. The topological polar surface area (TPSA) is 74.8 Å². The lowest BCUT2D eigenvalue weighted by atomic mass is 10.1. The standard InChI is InChI=1S/C13H13N3O2/c1-3-8(2)14-13(18)11-9-6-4-5-7-10(9)12(17)16-15-11/h3-8H,1H2,2H3,(H,14,18)(H,16,17). The minimum absolute atomic E-state index is 0.162. The number of aromatic nitrogens is 2. The van der Waals surface area contributed by atoms with Crippen LogP contribution in [0.4, 0.5) is 0 Å². The van der Waals surface area contributed by atoms with Crippen LogP contribution in [-0.4, -0.2) is 22.1 Å². The molecule has 0 saturated heterocycles. The third-order valence-electron chi connectivity index (χ3n) is 2.62. The Bertz CT molecular complexity index is 661. The summed E-state index contributed by atoms with van der Waals surface area (Å²) in [6.07, 6.45) is 1.62. The summed E-state index contributed by atoms with van der Waals surface area (Å²) in [5.41, 5.74) is -0.0992. The number of amides is 1. The van der Waals surface area contributed by atoms with Gasteiger partial charge in [-0.05, 0) is 13.0 Å². The summed E-state index contributed by atoms with van der Waals surface area (Å²) in [4.78, 5) is 23.6. The summed E-state index contributed by atoms with van der Waals surface area (Å²) in [6.45, 7) is 5.40. The number of H-pyrrole nitrogens is 1. The lowest BCUT2D eigenvalue weighted by Crippen LogP contribution is -2.32. The fourth-order valence-corrected chi connectivity index (χ4v) is 1.62. The van der Waals surface area contributed by atoms with Gasteiger partial charge in [-0.25, -0.2) is 5.10 Å². The largest absolute Gasteiger partial charge is 0.345 e. The van der Waals surface area contributed by atoms with Gasteiger partial charge in [0, 0.05) is 11.4 Å². The molecule has 0 radical (unpaired) electrons. The average molecular weight is 243 g/mol. The molecule has 1 heterocycles. The number of carbonyl (C=O) groups excluding carboxylic acids is 1. The maximum Gasteiger partial charge on any atom is 0.272 e. The van der Waals surface area contributed by atoms with Gasteiger partial charge in [0.15, 0.2) is 5.69 Å². The van der Waals surface area contributed by atoms with E-state index in [-0.39, 0.29) is 23.2 Å². The van der Waals surface area contributed by atoms with Gasteiger partial charge in [0.25, 0.3) is 11.5 Å². The van der Waals surface area contributed by atoms with Gasteiger partial charge >= 0.3 is 0 Å². The van der Waals surface area contributed by atoms with Crippen molar-refractivity contribution in [3.8, 4) is 0 Å². The molecular formula is C13H13N3O2. The fourth-order valence-electron chi connectivity index (χ4n) is 1.62. The zero-order valence-corrected chi connectivity index (χ0v) is 9.93. The van der Waals surface area contributed by atoms with Gasteiger partial charge in [-0.3, -0.25) is 9.59 Å². The molecule has 1 aromatic carbocycles. The van der Waals surface area contributed by atoms with Crippen LogP contribution in [0, 0.1) is 0 Å². The molecular weight excluding hydrogens is 230 g/mol. The zero-order valence-electron chi connectivity index (χ0n) is 9.93. The predicted octanol–water partition coefficient (Wildman–Crippen LogP) is 1.23. The van der Waals surface area contributed by atoms with E-state index >= 15 is 0 Å². The van der Waals surface area contributed by atoms with Gasteiger partial charge in [0.2, 0.25) is 0 Å². The highest BCUT2D eigenvalue weighted by Gasteiger charge is 2.14. The molecule has 1 amide bonds. The van der Waals surface area contributed by atoms with E-state index in [0.717, 1.165) is 0 Å². The summed E-state index contributed by atoms with van der Waals surface area (Å²) < 4.78 is 0. The summed E-state index contributed by atoms with van der Waals surface area (Å²) in [6, 6.07) is 6.70. The molecule has 18 heavy (non-hydrogen) atoms. The van der Waals surface area contributed by atoms with E-state index in [1.807, 2.05) is 0 Å². The molecule has 0 spiro atoms. The van der Waals surface area contributed by atoms with Crippen LogP contribution in [0.5, 0.6) is 0 Å². The number of nitrogens with zero attached hydrogens (tertiary/aromatic N) is 1. The first-order chi connectivity index (χ1) is 8.63. The van der Waals surface area contributed by atoms with E-state index < -0.39 is 0 Å². The Labute approximate surface area is 104 Å². The van der Waals surface area contributed by atoms with Gasteiger partial charge in [-0.2, -0.15) is 5.10 Å². The predicted molar refractivity (Wildman–Crippen MR) is 69.5 cm³/mol. The summed E-state index contributed by atoms with van der Waals surface area (Å²) in [5.74, 6) is -0.338. The van der Waals surface area contributed by atoms with E-state index in [2.05, 4.69) is 22.1 Å². The Balaban J connectivity index is 2.52. The van der Waals surface area contributed by atoms with E-state index in [4.69, 9.17) is 0 Å². The van der Waals surface area contributed by atoms with Crippen molar-refractivity contribution in [2.75, 3.05) is 0 Å². The summed E-state index contributed by atoms with van der Waals surface area (Å²) in [7, 11) is 0. The summed E-state index contributed by atoms with van der Waals surface area (Å²) >= 11 is 0. The Morgan fingerprint density at radius 1 is 1.44 bits per heavy atom. The first-order valence-electron chi connectivity index (χ1n) is 5.54. The van der Waals surface area contributed by atoms with Crippen LogP contribution in [0.3, 0.4) is 0 Å². The lowest BCUT2D eigenvalue weighted by molar-refractivity contribution is 0.0943. The number of benzene rings is 1. The van der Waals surface area contributed by atoms with Crippen LogP contribution in [0.1, 0.15) is 17.4 Å². The van der Waals surface area contributed by atoms with Crippen LogP contribution in [0.2, 0.25) is 0 Å². The molecule has 1 aromatic heterocycles. The number of nitrogens with one attached hydrogen (secondary N) is 2. The average Bonchev–Trinajstić information content (AvgIpc) is 2.39. The van der Waals surface area contributed by atoms with Crippen molar-refractivity contribution >= 4 is 16.7 Å². The van der Waals surface area contributed by atoms with Gasteiger partial charge in [-0.15, -0.1) is 6.58 Å². The highest BCUT2D eigenvalue weighted by molar-refractivity contribution is 6.04. The maximum atomic E-state index is 12.0. The highest BCUT2D eigenvalue weighted by Crippen LogP contribution is 2.12. The lowest BCUT2D eigenvalue weighted by Gasteiger charge is -2.09. The van der Waals surface area contributed by atoms with Crippen LogP contribution in [0.25, 0.3) is 10.8 Å². The second-order valence-electron chi connectivity index (χ2n) is 3.94. The molecule has 2 rings (SSSR count). The second kappa shape index (κ2) is 4.83. The molecule has 0 aliphatic rings. The Morgan fingerprint density at radius 2 is 2.11 bits per heavy atom. The number of aromatic amines is 1. The minimum Gasteiger partial charge on any atom is -0.345 e. The third-order valence-corrected chi connectivity index (χ3v) is 2.62. The molecule has 1 atom stereocenters. The smallest absolute Gasteiger partial charge is 0.272 e. The van der Waals surface area contributed by atoms with E-state index in [0.29, 0.717) is 10.8 Å². The molecule has 0 fully saturated rings. The van der Waals surface area contributed by atoms with Crippen LogP contribution in [-0.2, 0) is 0 Å². The highest BCUT2D eigenvalue weighted by atomic mass is 16.2. The van der Waals surface area contributed by atoms with E-state index in [9.17, 15) is 9.59 Å². The number of hydrogen-bond acceptors (Lipinski definition) is 3. The maximum absolute atomic E-state index is 12.0. The molecule has 2 aromatic rings. The molecule has 0 bridgehead atoms. The van der Waals surface area contributed by atoms with Crippen molar-refractivity contribution in [1.82, 2.24) is 15.5 Å². The van der Waals surface area contributed by atoms with Crippen LogP contribution in [0.15, 0.2) is 41.7 Å². The second-order valence-corrected chi connectivity index (χ2v) is 3.94. The fraction of sp³-hybridized carbons (Fsp3) is 0.154. The number of carbonyl (C=O) groups is 1. The molecule has 0 saturated carbocycles. The van der Waals surface area contributed by atoms with Crippen LogP contribution >= 0.6 is 0 Å². The van der Waals surface area contributed by atoms with Crippen molar-refractivity contribution < 1.29 is 4.79 Å². The van der Waals surface area contributed by atoms with E-state index in [1.54, 1.807) is 37.3 Å². The molecule has 5 nitrogen and oxygen atoms in total.